The molecule has 3 aromatic rings. The van der Waals surface area contributed by atoms with Gasteiger partial charge in [-0.1, -0.05) is 24.3 Å². The Hall–Kier alpha value is -3.59. The molecule has 8 nitrogen and oxygen atoms in total. The minimum Gasteiger partial charge on any atom is -0.486 e. The quantitative estimate of drug-likeness (QED) is 0.586. The van der Waals surface area contributed by atoms with E-state index in [1.165, 1.54) is 11.3 Å². The number of carbonyl (C=O) groups excluding carboxylic acids is 2. The first kappa shape index (κ1) is 21.0. The number of nitrogen functional groups attached to an aromatic ring is 1. The molecule has 1 saturated carbocycles. The van der Waals surface area contributed by atoms with Crippen molar-refractivity contribution in [1.29, 1.82) is 0 Å². The molecule has 2 aliphatic heterocycles. The maximum Gasteiger partial charge on any atom is 0.255 e. The number of benzene rings is 2. The van der Waals surface area contributed by atoms with Gasteiger partial charge in [0.25, 0.3) is 11.8 Å². The maximum atomic E-state index is 13.7. The lowest BCUT2D eigenvalue weighted by Gasteiger charge is -2.29. The highest BCUT2D eigenvalue weighted by Crippen LogP contribution is 2.48. The smallest absolute Gasteiger partial charge is 0.255 e. The summed E-state index contributed by atoms with van der Waals surface area (Å²) in [4.78, 5) is 33.0. The SMILES string of the molecule is Nc1nc(-c2ccccc2C(=O)N2C3CC3C[C@H]2CNC(=O)c2cccc3c2OCCO3)cs1. The van der Waals surface area contributed by atoms with Crippen LogP contribution in [0.1, 0.15) is 33.6 Å². The van der Waals surface area contributed by atoms with E-state index < -0.39 is 0 Å². The minimum absolute atomic E-state index is 0.0276. The maximum absolute atomic E-state index is 13.7. The molecule has 3 atom stereocenters. The second-order valence-corrected chi connectivity index (χ2v) is 9.71. The Morgan fingerprint density at radius 1 is 1.09 bits per heavy atom. The third-order valence-electron chi connectivity index (χ3n) is 6.71. The summed E-state index contributed by atoms with van der Waals surface area (Å²) in [6, 6.07) is 13.0. The molecule has 1 saturated heterocycles. The van der Waals surface area contributed by atoms with Gasteiger partial charge in [0.2, 0.25) is 0 Å². The fourth-order valence-electron chi connectivity index (χ4n) is 5.06. The topological polar surface area (TPSA) is 107 Å². The van der Waals surface area contributed by atoms with Crippen molar-refractivity contribution in [1.82, 2.24) is 15.2 Å². The lowest BCUT2D eigenvalue weighted by molar-refractivity contribution is 0.0689. The van der Waals surface area contributed by atoms with Gasteiger partial charge in [0.1, 0.15) is 13.2 Å². The number of likely N-dealkylation sites (tertiary alicyclic amines) is 1. The van der Waals surface area contributed by atoms with Gasteiger partial charge < -0.3 is 25.4 Å². The van der Waals surface area contributed by atoms with E-state index in [9.17, 15) is 9.59 Å². The Morgan fingerprint density at radius 2 is 1.91 bits per heavy atom. The zero-order valence-corrected chi connectivity index (χ0v) is 19.2. The Bertz CT molecular complexity index is 1280. The number of fused-ring (bicyclic) bond motifs is 2. The van der Waals surface area contributed by atoms with E-state index >= 15 is 0 Å². The van der Waals surface area contributed by atoms with Crippen LogP contribution in [0.5, 0.6) is 11.5 Å². The summed E-state index contributed by atoms with van der Waals surface area (Å²) in [5, 5.41) is 5.36. The molecule has 0 spiro atoms. The van der Waals surface area contributed by atoms with Crippen LogP contribution >= 0.6 is 11.3 Å². The fourth-order valence-corrected chi connectivity index (χ4v) is 5.62. The van der Waals surface area contributed by atoms with Gasteiger partial charge >= 0.3 is 0 Å². The molecule has 174 valence electrons. The molecule has 2 aromatic carbocycles. The second kappa shape index (κ2) is 8.32. The van der Waals surface area contributed by atoms with Crippen molar-refractivity contribution in [2.24, 2.45) is 5.92 Å². The van der Waals surface area contributed by atoms with Crippen molar-refractivity contribution in [3.63, 3.8) is 0 Å². The third kappa shape index (κ3) is 3.66. The number of hydrogen-bond donors (Lipinski definition) is 2. The zero-order chi connectivity index (χ0) is 23.2. The second-order valence-electron chi connectivity index (χ2n) is 8.82. The molecule has 1 aliphatic carbocycles. The molecule has 3 aliphatic rings. The standard InChI is InChI=1S/C25H24N4O4S/c26-25-28-19(13-34-25)16-4-1-2-5-17(16)24(31)29-15(10-14-11-20(14)29)12-27-23(30)18-6-3-7-21-22(18)33-9-8-32-21/h1-7,13-15,20H,8-12H2,(H2,26,28)(H,27,30)/t14?,15-,20?/m0/s1. The zero-order valence-electron chi connectivity index (χ0n) is 18.4. The number of hydrogen-bond acceptors (Lipinski definition) is 7. The van der Waals surface area contributed by atoms with Crippen LogP contribution in [0.3, 0.4) is 0 Å². The van der Waals surface area contributed by atoms with Gasteiger partial charge in [0.05, 0.1) is 17.3 Å². The normalized spacial score (nSPS) is 22.2. The Kier molecular flexibility index (Phi) is 5.13. The van der Waals surface area contributed by atoms with Gasteiger partial charge in [-0.25, -0.2) is 4.98 Å². The van der Waals surface area contributed by atoms with E-state index in [-0.39, 0.29) is 23.9 Å². The molecule has 1 aromatic heterocycles. The van der Waals surface area contributed by atoms with E-state index in [4.69, 9.17) is 15.2 Å². The average Bonchev–Trinajstić information content (AvgIpc) is 3.32. The molecule has 0 bridgehead atoms. The molecule has 3 N–H and O–H groups in total. The van der Waals surface area contributed by atoms with Crippen LogP contribution in [-0.4, -0.2) is 53.5 Å². The van der Waals surface area contributed by atoms with E-state index in [1.807, 2.05) is 34.5 Å². The lowest BCUT2D eigenvalue weighted by atomic mass is 10.0. The summed E-state index contributed by atoms with van der Waals surface area (Å²) < 4.78 is 11.3. The molecule has 2 fully saturated rings. The molecule has 0 radical (unpaired) electrons. The van der Waals surface area contributed by atoms with Crippen molar-refractivity contribution < 1.29 is 19.1 Å². The van der Waals surface area contributed by atoms with Gasteiger partial charge in [-0.3, -0.25) is 9.59 Å². The van der Waals surface area contributed by atoms with Crippen LogP contribution in [0.4, 0.5) is 5.13 Å². The van der Waals surface area contributed by atoms with Crippen LogP contribution in [0, 0.1) is 5.92 Å². The first-order valence-corrected chi connectivity index (χ1v) is 12.3. The highest BCUT2D eigenvalue weighted by atomic mass is 32.1. The highest BCUT2D eigenvalue weighted by Gasteiger charge is 2.54. The van der Waals surface area contributed by atoms with Gasteiger partial charge in [0.15, 0.2) is 16.6 Å². The minimum atomic E-state index is -0.228. The molecule has 34 heavy (non-hydrogen) atoms. The van der Waals surface area contributed by atoms with Gasteiger partial charge in [0, 0.05) is 29.1 Å². The summed E-state index contributed by atoms with van der Waals surface area (Å²) >= 11 is 1.36. The number of nitrogens with zero attached hydrogens (tertiary/aromatic N) is 2. The highest BCUT2D eigenvalue weighted by molar-refractivity contribution is 7.13. The van der Waals surface area contributed by atoms with Crippen LogP contribution in [0.2, 0.25) is 0 Å². The van der Waals surface area contributed by atoms with Crippen LogP contribution < -0.4 is 20.5 Å². The van der Waals surface area contributed by atoms with E-state index in [0.717, 1.165) is 18.4 Å². The molecular formula is C25H24N4O4S. The van der Waals surface area contributed by atoms with E-state index in [2.05, 4.69) is 10.3 Å². The monoisotopic (exact) mass is 476 g/mol. The summed E-state index contributed by atoms with van der Waals surface area (Å²) in [6.07, 6.45) is 1.90. The van der Waals surface area contributed by atoms with Crippen LogP contribution in [-0.2, 0) is 0 Å². The summed E-state index contributed by atoms with van der Waals surface area (Å²) in [7, 11) is 0. The van der Waals surface area contributed by atoms with Crippen molar-refractivity contribution >= 4 is 28.3 Å². The average molecular weight is 477 g/mol. The number of rotatable bonds is 5. The molecule has 2 unspecified atom stereocenters. The van der Waals surface area contributed by atoms with Crippen molar-refractivity contribution in [3.05, 3.63) is 59.0 Å². The van der Waals surface area contributed by atoms with Gasteiger partial charge in [-0.05, 0) is 37.0 Å². The van der Waals surface area contributed by atoms with Gasteiger partial charge in [-0.2, -0.15) is 0 Å². The number of nitrogens with two attached hydrogens (primary N) is 1. The summed E-state index contributed by atoms with van der Waals surface area (Å²) in [5.74, 6) is 1.30. The summed E-state index contributed by atoms with van der Waals surface area (Å²) in [5.41, 5.74) is 8.37. The van der Waals surface area contributed by atoms with Crippen molar-refractivity contribution in [2.45, 2.75) is 24.9 Å². The number of para-hydroxylation sites is 1. The predicted octanol–water partition coefficient (Wildman–Crippen LogP) is 3.20. The molecule has 2 amide bonds. The van der Waals surface area contributed by atoms with E-state index in [1.54, 1.807) is 18.2 Å². The Balaban J connectivity index is 1.21. The lowest BCUT2D eigenvalue weighted by Crippen LogP contribution is -2.45. The Morgan fingerprint density at radius 3 is 2.76 bits per heavy atom. The predicted molar refractivity (Wildman–Crippen MR) is 128 cm³/mol. The largest absolute Gasteiger partial charge is 0.486 e. The van der Waals surface area contributed by atoms with Crippen LogP contribution in [0.25, 0.3) is 11.3 Å². The fraction of sp³-hybridized carbons (Fsp3) is 0.320. The number of anilines is 1. The first-order chi connectivity index (χ1) is 16.6. The number of carbonyl (C=O) groups is 2. The third-order valence-corrected chi connectivity index (χ3v) is 7.38. The summed E-state index contributed by atoms with van der Waals surface area (Å²) in [6.45, 7) is 1.26. The Labute approximate surface area is 200 Å². The van der Waals surface area contributed by atoms with E-state index in [0.29, 0.717) is 59.1 Å². The van der Waals surface area contributed by atoms with Gasteiger partial charge in [-0.15, -0.1) is 11.3 Å². The number of nitrogens with one attached hydrogen (secondary N) is 1. The number of ether oxygens (including phenoxy) is 2. The number of piperidine rings is 1. The molecule has 9 heteroatoms. The molecule has 6 rings (SSSR count). The van der Waals surface area contributed by atoms with Crippen molar-refractivity contribution in [2.75, 3.05) is 25.5 Å². The number of amides is 2. The van der Waals surface area contributed by atoms with Crippen molar-refractivity contribution in [3.8, 4) is 22.8 Å². The first-order valence-electron chi connectivity index (χ1n) is 11.4. The molecule has 3 heterocycles. The molecular weight excluding hydrogens is 452 g/mol. The van der Waals surface area contributed by atoms with Crippen LogP contribution in [0.15, 0.2) is 47.8 Å². The number of thiazole rings is 1. The number of aromatic nitrogens is 1.